The van der Waals surface area contributed by atoms with Crippen molar-refractivity contribution in [1.29, 1.82) is 0 Å². The van der Waals surface area contributed by atoms with Crippen molar-refractivity contribution in [3.63, 3.8) is 0 Å². The summed E-state index contributed by atoms with van der Waals surface area (Å²) in [6.07, 6.45) is -2.71. The molecule has 40 heavy (non-hydrogen) atoms. The van der Waals surface area contributed by atoms with Gasteiger partial charge in [0.05, 0.1) is 13.0 Å². The molecule has 1 amide bonds. The van der Waals surface area contributed by atoms with Crippen molar-refractivity contribution in [1.82, 2.24) is 10.3 Å². The Bertz CT molecular complexity index is 1250. The first-order chi connectivity index (χ1) is 19.0. The van der Waals surface area contributed by atoms with Gasteiger partial charge >= 0.3 is 24.1 Å². The monoisotopic (exact) mass is 558 g/mol. The average Bonchev–Trinajstić information content (AvgIpc) is 2.95. The highest BCUT2D eigenvalue weighted by molar-refractivity contribution is 5.98. The third-order valence-corrected chi connectivity index (χ3v) is 5.96. The number of hydrogen-bond donors (Lipinski definition) is 2. The summed E-state index contributed by atoms with van der Waals surface area (Å²) in [6, 6.07) is 8.73. The summed E-state index contributed by atoms with van der Waals surface area (Å²) in [4.78, 5) is 66.9. The molecule has 0 saturated carbocycles. The molecule has 1 aliphatic rings. The van der Waals surface area contributed by atoms with E-state index in [2.05, 4.69) is 15.0 Å². The van der Waals surface area contributed by atoms with Crippen LogP contribution in [-0.2, 0) is 35.0 Å². The first kappa shape index (κ1) is 29.9. The van der Waals surface area contributed by atoms with Crippen LogP contribution in [-0.4, -0.2) is 72.0 Å². The Labute approximate surface area is 229 Å². The number of nitrogens with zero attached hydrogens (tertiary/aromatic N) is 1. The highest BCUT2D eigenvalue weighted by Crippen LogP contribution is 2.30. The molecule has 1 aromatic carbocycles. The third-order valence-electron chi connectivity index (χ3n) is 5.96. The highest BCUT2D eigenvalue weighted by atomic mass is 16.7. The van der Waals surface area contributed by atoms with E-state index >= 15 is 0 Å². The lowest BCUT2D eigenvalue weighted by Crippen LogP contribution is -2.47. The van der Waals surface area contributed by atoms with E-state index in [1.807, 2.05) is 6.07 Å². The van der Waals surface area contributed by atoms with Crippen molar-refractivity contribution >= 4 is 30.0 Å². The van der Waals surface area contributed by atoms with Crippen molar-refractivity contribution in [3.8, 4) is 11.5 Å². The highest BCUT2D eigenvalue weighted by Gasteiger charge is 2.42. The molecule has 13 heteroatoms. The third kappa shape index (κ3) is 7.46. The number of carbonyl (C=O) groups is 5. The van der Waals surface area contributed by atoms with Crippen LogP contribution < -0.4 is 14.8 Å². The Balaban J connectivity index is 1.90. The maximum absolute atomic E-state index is 13.3. The normalized spacial score (nSPS) is 21.1. The summed E-state index contributed by atoms with van der Waals surface area (Å²) in [5.41, 5.74) is 0.257. The standard InChI is InChI=1S/C27H30N2O11/c1-14(2)24(31)39-21-15(3)38-26(33)18(13-37-25(32)17(21)12-16-8-6-5-7-9-16)29-23(30)20-22(40-27(34)35)19(36-4)10-11-28-20/h5-11,14-15,17-18,21H,12-13H2,1-4H3,(H,29,30)(H,34,35)/t15-,17+,18-,21-/m0/s1. The number of methoxy groups -OCH3 is 1. The molecule has 4 atom stereocenters. The summed E-state index contributed by atoms with van der Waals surface area (Å²) in [5, 5.41) is 11.4. The number of esters is 3. The first-order valence-electron chi connectivity index (χ1n) is 12.4. The number of pyridine rings is 1. The van der Waals surface area contributed by atoms with Gasteiger partial charge in [-0.3, -0.25) is 14.4 Å². The van der Waals surface area contributed by atoms with Gasteiger partial charge < -0.3 is 34.1 Å². The summed E-state index contributed by atoms with van der Waals surface area (Å²) in [7, 11) is 1.23. The van der Waals surface area contributed by atoms with Crippen LogP contribution in [0.15, 0.2) is 42.6 Å². The Morgan fingerprint density at radius 2 is 1.82 bits per heavy atom. The maximum Gasteiger partial charge on any atom is 0.511 e. The number of cyclic esters (lactones) is 2. The van der Waals surface area contributed by atoms with Crippen molar-refractivity contribution in [3.05, 3.63) is 53.9 Å². The fraction of sp³-hybridized carbons (Fsp3) is 0.407. The van der Waals surface area contributed by atoms with Crippen LogP contribution in [0.1, 0.15) is 36.8 Å². The molecule has 3 rings (SSSR count). The molecule has 0 aliphatic carbocycles. The number of carboxylic acid groups (broad SMARTS) is 1. The zero-order valence-electron chi connectivity index (χ0n) is 22.3. The average molecular weight is 559 g/mol. The Morgan fingerprint density at radius 3 is 2.45 bits per heavy atom. The second-order valence-electron chi connectivity index (χ2n) is 9.21. The van der Waals surface area contributed by atoms with E-state index in [-0.39, 0.29) is 12.2 Å². The predicted octanol–water partition coefficient (Wildman–Crippen LogP) is 2.16. The van der Waals surface area contributed by atoms with E-state index in [1.54, 1.807) is 38.1 Å². The molecule has 0 spiro atoms. The van der Waals surface area contributed by atoms with E-state index in [0.717, 1.165) is 5.56 Å². The molecular weight excluding hydrogens is 528 g/mol. The second-order valence-corrected chi connectivity index (χ2v) is 9.21. The van der Waals surface area contributed by atoms with E-state index in [0.29, 0.717) is 0 Å². The Hall–Kier alpha value is -4.68. The van der Waals surface area contributed by atoms with Crippen LogP contribution in [0.5, 0.6) is 11.5 Å². The zero-order chi connectivity index (χ0) is 29.4. The number of nitrogens with one attached hydrogen (secondary N) is 1. The van der Waals surface area contributed by atoms with Crippen molar-refractivity contribution < 1.29 is 52.8 Å². The SMILES string of the molecule is COc1ccnc(C(=O)N[C@H]2COC(=O)[C@H](Cc3ccccc3)[C@@H](OC(=O)C(C)C)[C@H](C)OC2=O)c1OC(=O)O. The molecule has 2 aromatic rings. The van der Waals surface area contributed by atoms with Crippen LogP contribution in [0, 0.1) is 11.8 Å². The van der Waals surface area contributed by atoms with E-state index in [1.165, 1.54) is 26.3 Å². The number of carbonyl (C=O) groups excluding carboxylic acids is 4. The summed E-state index contributed by atoms with van der Waals surface area (Å²) in [5.74, 6) is -5.53. The van der Waals surface area contributed by atoms with Gasteiger partial charge in [-0.05, 0) is 18.9 Å². The van der Waals surface area contributed by atoms with Gasteiger partial charge in [0.15, 0.2) is 23.6 Å². The molecule has 0 unspecified atom stereocenters. The van der Waals surface area contributed by atoms with Crippen LogP contribution >= 0.6 is 0 Å². The van der Waals surface area contributed by atoms with Crippen LogP contribution in [0.25, 0.3) is 0 Å². The van der Waals surface area contributed by atoms with Gasteiger partial charge in [-0.15, -0.1) is 0 Å². The molecular formula is C27H30N2O11. The Morgan fingerprint density at radius 1 is 1.12 bits per heavy atom. The van der Waals surface area contributed by atoms with Crippen molar-refractivity contribution in [2.45, 2.75) is 45.4 Å². The van der Waals surface area contributed by atoms with Crippen molar-refractivity contribution in [2.75, 3.05) is 13.7 Å². The van der Waals surface area contributed by atoms with Gasteiger partial charge in [-0.1, -0.05) is 44.2 Å². The Kier molecular flexibility index (Phi) is 10.0. The van der Waals surface area contributed by atoms with Crippen LogP contribution in [0.4, 0.5) is 4.79 Å². The van der Waals surface area contributed by atoms with Gasteiger partial charge in [0.2, 0.25) is 5.75 Å². The van der Waals surface area contributed by atoms with E-state index in [9.17, 15) is 24.0 Å². The molecule has 2 N–H and O–H groups in total. The topological polar surface area (TPSA) is 177 Å². The van der Waals surface area contributed by atoms with Gasteiger partial charge in [0.1, 0.15) is 18.6 Å². The predicted molar refractivity (Wildman–Crippen MR) is 136 cm³/mol. The molecule has 13 nitrogen and oxygen atoms in total. The molecule has 0 bridgehead atoms. The molecule has 1 aliphatic heterocycles. The minimum atomic E-state index is -1.73. The smallest absolute Gasteiger partial charge is 0.493 e. The minimum Gasteiger partial charge on any atom is -0.493 e. The fourth-order valence-electron chi connectivity index (χ4n) is 3.92. The zero-order valence-corrected chi connectivity index (χ0v) is 22.3. The fourth-order valence-corrected chi connectivity index (χ4v) is 3.92. The molecule has 1 saturated heterocycles. The lowest BCUT2D eigenvalue weighted by molar-refractivity contribution is -0.176. The quantitative estimate of drug-likeness (QED) is 0.357. The lowest BCUT2D eigenvalue weighted by Gasteiger charge is -2.29. The number of ether oxygens (including phenoxy) is 5. The van der Waals surface area contributed by atoms with Gasteiger partial charge in [-0.25, -0.2) is 14.6 Å². The van der Waals surface area contributed by atoms with Gasteiger partial charge in [0.25, 0.3) is 5.91 Å². The minimum absolute atomic E-state index is 0.0989. The van der Waals surface area contributed by atoms with Crippen molar-refractivity contribution in [2.24, 2.45) is 11.8 Å². The maximum atomic E-state index is 13.3. The molecule has 2 heterocycles. The second kappa shape index (κ2) is 13.4. The first-order valence-corrected chi connectivity index (χ1v) is 12.4. The molecule has 214 valence electrons. The molecule has 1 aromatic heterocycles. The summed E-state index contributed by atoms with van der Waals surface area (Å²) < 4.78 is 26.3. The van der Waals surface area contributed by atoms with Crippen LogP contribution in [0.3, 0.4) is 0 Å². The molecule has 0 radical (unpaired) electrons. The largest absolute Gasteiger partial charge is 0.511 e. The summed E-state index contributed by atoms with van der Waals surface area (Å²) >= 11 is 0. The van der Waals surface area contributed by atoms with E-state index < -0.39 is 78.1 Å². The summed E-state index contributed by atoms with van der Waals surface area (Å²) in [6.45, 7) is 4.10. The van der Waals surface area contributed by atoms with E-state index in [4.69, 9.17) is 24.1 Å². The number of aromatic nitrogens is 1. The van der Waals surface area contributed by atoms with Crippen LogP contribution in [0.2, 0.25) is 0 Å². The van der Waals surface area contributed by atoms with Gasteiger partial charge in [0, 0.05) is 12.3 Å². The molecule has 1 fully saturated rings. The number of rotatable bonds is 8. The number of amides is 1. The number of benzene rings is 1. The lowest BCUT2D eigenvalue weighted by atomic mass is 9.91. The number of hydrogen-bond acceptors (Lipinski definition) is 11. The van der Waals surface area contributed by atoms with Gasteiger partial charge in [-0.2, -0.15) is 0 Å².